The maximum Gasteiger partial charge on any atom is 0.207 e. The first-order chi connectivity index (χ1) is 16.7. The van der Waals surface area contributed by atoms with Gasteiger partial charge in [-0.3, -0.25) is 14.9 Å². The molecule has 1 aliphatic rings. The Kier molecular flexibility index (Phi) is 10.4. The van der Waals surface area contributed by atoms with Crippen LogP contribution < -0.4 is 21.7 Å². The van der Waals surface area contributed by atoms with E-state index in [-0.39, 0.29) is 0 Å². The Bertz CT molecular complexity index is 1010. The zero-order chi connectivity index (χ0) is 24.0. The van der Waals surface area contributed by atoms with Crippen molar-refractivity contribution in [3.8, 4) is 0 Å². The van der Waals surface area contributed by atoms with E-state index in [0.717, 1.165) is 36.6 Å². The topological polar surface area (TPSA) is 120 Å². The molecule has 34 heavy (non-hydrogen) atoms. The molecule has 8 nitrogen and oxygen atoms in total. The monoisotopic (exact) mass is 481 g/mol. The molecule has 3 aromatic rings. The molecular formula is C25H32ClN7O. The Morgan fingerprint density at radius 3 is 2.53 bits per heavy atom. The molecular weight excluding hydrogens is 450 g/mol. The van der Waals surface area contributed by atoms with Gasteiger partial charge in [0.2, 0.25) is 6.41 Å². The van der Waals surface area contributed by atoms with Gasteiger partial charge in [-0.15, -0.1) is 0 Å². The van der Waals surface area contributed by atoms with Crippen molar-refractivity contribution in [2.75, 3.05) is 37.2 Å². The number of anilines is 2. The van der Waals surface area contributed by atoms with Crippen LogP contribution in [0.3, 0.4) is 0 Å². The van der Waals surface area contributed by atoms with Crippen LogP contribution >= 0.6 is 11.6 Å². The fourth-order valence-electron chi connectivity index (χ4n) is 3.18. The first-order valence-corrected chi connectivity index (χ1v) is 11.8. The molecule has 9 heteroatoms. The van der Waals surface area contributed by atoms with Gasteiger partial charge in [0.1, 0.15) is 5.84 Å². The van der Waals surface area contributed by atoms with Crippen LogP contribution in [0.15, 0.2) is 65.7 Å². The number of aromatic amines is 1. The first kappa shape index (κ1) is 25.3. The van der Waals surface area contributed by atoms with E-state index in [0.29, 0.717) is 42.0 Å². The lowest BCUT2D eigenvalue weighted by atomic mass is 10.1. The molecule has 0 radical (unpaired) electrons. The normalized spacial score (nSPS) is 13.0. The average Bonchev–Trinajstić information content (AvgIpc) is 3.61. The number of nitrogens with two attached hydrogens (primary N) is 1. The number of nitrogens with one attached hydrogen (secondary N) is 4. The number of halogens is 1. The number of aliphatic imine (C=N–C) groups is 1. The van der Waals surface area contributed by atoms with Gasteiger partial charge in [-0.1, -0.05) is 48.0 Å². The van der Waals surface area contributed by atoms with Gasteiger partial charge in [-0.05, 0) is 44.0 Å². The Hall–Kier alpha value is -3.36. The van der Waals surface area contributed by atoms with Crippen molar-refractivity contribution in [3.63, 3.8) is 0 Å². The molecule has 0 aliphatic heterocycles. The molecule has 180 valence electrons. The number of hydrogen-bond acceptors (Lipinski definition) is 5. The molecule has 1 fully saturated rings. The van der Waals surface area contributed by atoms with E-state index < -0.39 is 0 Å². The molecule has 0 atom stereocenters. The lowest BCUT2D eigenvalue weighted by molar-refractivity contribution is -0.109. The van der Waals surface area contributed by atoms with E-state index in [4.69, 9.17) is 22.3 Å². The van der Waals surface area contributed by atoms with E-state index in [1.807, 2.05) is 42.5 Å². The molecule has 0 saturated heterocycles. The Morgan fingerprint density at radius 2 is 1.85 bits per heavy atom. The van der Waals surface area contributed by atoms with Crippen LogP contribution in [0.25, 0.3) is 0 Å². The van der Waals surface area contributed by atoms with Crippen LogP contribution in [0.2, 0.25) is 5.02 Å². The number of nitrogens with zero attached hydrogens (tertiary/aromatic N) is 2. The summed E-state index contributed by atoms with van der Waals surface area (Å²) in [4.78, 5) is 14.9. The minimum Gasteiger partial charge on any atom is -0.398 e. The smallest absolute Gasteiger partial charge is 0.207 e. The minimum atomic E-state index is 0.597. The highest BCUT2D eigenvalue weighted by Crippen LogP contribution is 2.39. The number of hydrogen-bond donors (Lipinski definition) is 5. The third-order valence-corrected chi connectivity index (χ3v) is 5.34. The molecule has 0 bridgehead atoms. The largest absolute Gasteiger partial charge is 0.398 e. The fraction of sp³-hybridized carbons (Fsp3) is 0.320. The molecule has 1 aliphatic carbocycles. The second-order valence-corrected chi connectivity index (χ2v) is 8.34. The van der Waals surface area contributed by atoms with E-state index in [1.54, 1.807) is 18.2 Å². The summed E-state index contributed by atoms with van der Waals surface area (Å²) in [6, 6.07) is 19.4. The van der Waals surface area contributed by atoms with Crippen molar-refractivity contribution in [1.29, 1.82) is 0 Å². The van der Waals surface area contributed by atoms with E-state index in [9.17, 15) is 4.79 Å². The van der Waals surface area contributed by atoms with Gasteiger partial charge in [0, 0.05) is 53.6 Å². The Balaban J connectivity index is 0.000000469. The molecule has 4 rings (SSSR count). The minimum absolute atomic E-state index is 0.597. The predicted octanol–water partition coefficient (Wildman–Crippen LogP) is 3.79. The van der Waals surface area contributed by atoms with E-state index >= 15 is 0 Å². The summed E-state index contributed by atoms with van der Waals surface area (Å²) in [5.74, 6) is 1.97. The molecule has 1 saturated carbocycles. The standard InChI is InChI=1S/C19H26ClN7O.C6H6/c20-14-4-5-16(21)15(10-14)19(24-7-1-6-22-8-9-23-12-28)25-18-11-17(26-27-18)13-2-3-13;1-2-4-6-5-3-1/h4-5,10-13,22H,1-3,6-9,21H2,(H,23,28)(H2,24,25,26,27);1-6H. The number of benzene rings is 2. The summed E-state index contributed by atoms with van der Waals surface area (Å²) in [6.45, 7) is 2.76. The van der Waals surface area contributed by atoms with Gasteiger partial charge in [0.25, 0.3) is 0 Å². The average molecular weight is 482 g/mol. The third-order valence-electron chi connectivity index (χ3n) is 5.11. The van der Waals surface area contributed by atoms with Gasteiger partial charge in [-0.2, -0.15) is 5.10 Å². The Labute approximate surface area is 205 Å². The number of carbonyl (C=O) groups is 1. The lowest BCUT2D eigenvalue weighted by Gasteiger charge is -2.11. The van der Waals surface area contributed by atoms with Crippen LogP contribution in [-0.4, -0.2) is 48.6 Å². The van der Waals surface area contributed by atoms with Crippen molar-refractivity contribution < 1.29 is 4.79 Å². The van der Waals surface area contributed by atoms with Crippen molar-refractivity contribution in [3.05, 3.63) is 76.9 Å². The Morgan fingerprint density at radius 1 is 1.12 bits per heavy atom. The summed E-state index contributed by atoms with van der Waals surface area (Å²) >= 11 is 6.16. The van der Waals surface area contributed by atoms with Crippen LogP contribution in [-0.2, 0) is 4.79 Å². The van der Waals surface area contributed by atoms with Crippen molar-refractivity contribution in [2.45, 2.75) is 25.2 Å². The molecule has 6 N–H and O–H groups in total. The summed E-state index contributed by atoms with van der Waals surface area (Å²) in [5.41, 5.74) is 8.66. The summed E-state index contributed by atoms with van der Waals surface area (Å²) in [5, 5.41) is 17.2. The number of amidine groups is 1. The number of H-pyrrole nitrogens is 1. The molecule has 2 aromatic carbocycles. The highest BCUT2D eigenvalue weighted by Gasteiger charge is 2.25. The highest BCUT2D eigenvalue weighted by atomic mass is 35.5. The predicted molar refractivity (Wildman–Crippen MR) is 139 cm³/mol. The first-order valence-electron chi connectivity index (χ1n) is 11.5. The van der Waals surface area contributed by atoms with Gasteiger partial charge >= 0.3 is 0 Å². The fourth-order valence-corrected chi connectivity index (χ4v) is 3.35. The maximum absolute atomic E-state index is 10.2. The van der Waals surface area contributed by atoms with E-state index in [2.05, 4.69) is 26.1 Å². The number of rotatable bonds is 11. The van der Waals surface area contributed by atoms with Crippen LogP contribution in [0.5, 0.6) is 0 Å². The van der Waals surface area contributed by atoms with Gasteiger partial charge in [0.15, 0.2) is 5.82 Å². The summed E-state index contributed by atoms with van der Waals surface area (Å²) in [6.07, 6.45) is 3.96. The van der Waals surface area contributed by atoms with E-state index in [1.165, 1.54) is 12.8 Å². The van der Waals surface area contributed by atoms with Gasteiger partial charge < -0.3 is 21.7 Å². The van der Waals surface area contributed by atoms with Crippen molar-refractivity contribution in [1.82, 2.24) is 20.8 Å². The number of amides is 1. The quantitative estimate of drug-likeness (QED) is 0.0937. The third kappa shape index (κ3) is 8.88. The van der Waals surface area contributed by atoms with Crippen LogP contribution in [0.1, 0.15) is 36.4 Å². The van der Waals surface area contributed by atoms with Crippen LogP contribution in [0, 0.1) is 0 Å². The molecule has 1 aromatic heterocycles. The molecule has 1 amide bonds. The SMILES string of the molecule is Nc1ccc(Cl)cc1C(=NCCCNCCNC=O)Nc1cc(C2CC2)[nH]n1.c1ccccc1. The maximum atomic E-state index is 10.2. The molecule has 0 spiro atoms. The van der Waals surface area contributed by atoms with Crippen LogP contribution in [0.4, 0.5) is 11.5 Å². The lowest BCUT2D eigenvalue weighted by Crippen LogP contribution is -2.27. The van der Waals surface area contributed by atoms with Gasteiger partial charge in [0.05, 0.1) is 0 Å². The number of nitrogen functional groups attached to an aromatic ring is 1. The molecule has 1 heterocycles. The second-order valence-electron chi connectivity index (χ2n) is 7.90. The van der Waals surface area contributed by atoms with Crippen molar-refractivity contribution in [2.24, 2.45) is 4.99 Å². The summed E-state index contributed by atoms with van der Waals surface area (Å²) in [7, 11) is 0. The molecule has 0 unspecified atom stereocenters. The number of carbonyl (C=O) groups excluding carboxylic acids is 1. The number of aromatic nitrogens is 2. The zero-order valence-corrected chi connectivity index (χ0v) is 19.9. The van der Waals surface area contributed by atoms with Gasteiger partial charge in [-0.25, -0.2) is 0 Å². The zero-order valence-electron chi connectivity index (χ0n) is 19.1. The van der Waals surface area contributed by atoms with Crippen molar-refractivity contribution >= 4 is 35.4 Å². The second kappa shape index (κ2) is 14.0. The highest BCUT2D eigenvalue weighted by molar-refractivity contribution is 6.31. The summed E-state index contributed by atoms with van der Waals surface area (Å²) < 4.78 is 0.